The number of hydrogen-bond donors (Lipinski definition) is 1. The molecule has 0 aromatic heterocycles. The Kier molecular flexibility index (Phi) is 11.7. The van der Waals surface area contributed by atoms with Crippen molar-refractivity contribution in [1.82, 2.24) is 10.2 Å². The monoisotopic (exact) mass is 657 g/mol. The third-order valence-corrected chi connectivity index (χ3v) is 10.0. The van der Waals surface area contributed by atoms with Crippen molar-refractivity contribution in [1.29, 1.82) is 0 Å². The Morgan fingerprint density at radius 3 is 2.30 bits per heavy atom. The standard InChI is InChI=1S/C34H41Cl2N3O4S/c1-24-15-16-25(2)31(20-24)39(44(3,42)43)19-9-14-33(40)38(23-27-17-18-29(35)30(36)21-27)32(22-26-10-5-4-6-11-26)34(41)37-28-12-7-8-13-28/h4-6,10-11,15-18,20-21,28,32H,7-9,12-14,19,22-23H2,1-3H3,(H,37,41)/t32-/m1/s1. The Bertz CT molecular complexity index is 1560. The molecule has 7 nitrogen and oxygen atoms in total. The van der Waals surface area contributed by atoms with E-state index in [9.17, 15) is 18.0 Å². The molecule has 44 heavy (non-hydrogen) atoms. The van der Waals surface area contributed by atoms with E-state index in [-0.39, 0.29) is 43.8 Å². The van der Waals surface area contributed by atoms with Gasteiger partial charge in [-0.2, -0.15) is 0 Å². The average Bonchev–Trinajstić information content (AvgIpc) is 3.49. The SMILES string of the molecule is Cc1ccc(C)c(N(CCCC(=O)N(Cc2ccc(Cl)c(Cl)c2)[C@H](Cc2ccccc2)C(=O)NC2CCCC2)S(C)(=O)=O)c1. The second-order valence-corrected chi connectivity index (χ2v) is 14.4. The number of nitrogens with zero attached hydrogens (tertiary/aromatic N) is 2. The number of anilines is 1. The van der Waals surface area contributed by atoms with E-state index >= 15 is 0 Å². The molecule has 0 bridgehead atoms. The molecule has 236 valence electrons. The number of carbonyl (C=O) groups excluding carboxylic acids is 2. The van der Waals surface area contributed by atoms with Gasteiger partial charge in [-0.3, -0.25) is 13.9 Å². The number of amides is 2. The molecule has 0 radical (unpaired) electrons. The first-order chi connectivity index (χ1) is 20.9. The highest BCUT2D eigenvalue weighted by Crippen LogP contribution is 2.27. The Balaban J connectivity index is 1.62. The van der Waals surface area contributed by atoms with Crippen molar-refractivity contribution in [3.63, 3.8) is 0 Å². The van der Waals surface area contributed by atoms with Crippen LogP contribution in [-0.2, 0) is 32.6 Å². The summed E-state index contributed by atoms with van der Waals surface area (Å²) in [5.41, 5.74) is 4.06. The van der Waals surface area contributed by atoms with Gasteiger partial charge in [0, 0.05) is 32.0 Å². The molecule has 0 heterocycles. The molecule has 3 aromatic rings. The maximum atomic E-state index is 14.1. The number of aryl methyl sites for hydroxylation is 2. The zero-order valence-corrected chi connectivity index (χ0v) is 27.9. The van der Waals surface area contributed by atoms with Crippen LogP contribution in [0.25, 0.3) is 0 Å². The highest BCUT2D eigenvalue weighted by atomic mass is 35.5. The quantitative estimate of drug-likeness (QED) is 0.218. The number of nitrogens with one attached hydrogen (secondary N) is 1. The third-order valence-electron chi connectivity index (χ3n) is 8.10. The highest BCUT2D eigenvalue weighted by Gasteiger charge is 2.32. The molecule has 4 rings (SSSR count). The molecule has 1 aliphatic rings. The van der Waals surface area contributed by atoms with Crippen molar-refractivity contribution in [3.8, 4) is 0 Å². The van der Waals surface area contributed by atoms with Crippen molar-refractivity contribution in [2.24, 2.45) is 0 Å². The Morgan fingerprint density at radius 1 is 0.932 bits per heavy atom. The molecule has 1 saturated carbocycles. The lowest BCUT2D eigenvalue weighted by Crippen LogP contribution is -2.52. The smallest absolute Gasteiger partial charge is 0.243 e. The molecule has 0 aliphatic heterocycles. The summed E-state index contributed by atoms with van der Waals surface area (Å²) < 4.78 is 27.0. The minimum Gasteiger partial charge on any atom is -0.352 e. The highest BCUT2D eigenvalue weighted by molar-refractivity contribution is 7.92. The van der Waals surface area contributed by atoms with Crippen molar-refractivity contribution in [2.45, 2.75) is 77.4 Å². The first-order valence-electron chi connectivity index (χ1n) is 15.0. The summed E-state index contributed by atoms with van der Waals surface area (Å²) in [6.07, 6.45) is 5.82. The van der Waals surface area contributed by atoms with Gasteiger partial charge in [0.25, 0.3) is 0 Å². The maximum absolute atomic E-state index is 14.1. The second-order valence-electron chi connectivity index (χ2n) is 11.7. The molecule has 2 amide bonds. The lowest BCUT2D eigenvalue weighted by molar-refractivity contribution is -0.141. The van der Waals surface area contributed by atoms with Crippen LogP contribution in [-0.4, -0.2) is 50.0 Å². The van der Waals surface area contributed by atoms with E-state index in [1.54, 1.807) is 23.1 Å². The predicted octanol–water partition coefficient (Wildman–Crippen LogP) is 6.86. The van der Waals surface area contributed by atoms with Crippen molar-refractivity contribution < 1.29 is 18.0 Å². The Morgan fingerprint density at radius 2 is 1.64 bits per heavy atom. The molecule has 0 spiro atoms. The molecule has 1 N–H and O–H groups in total. The van der Waals surface area contributed by atoms with E-state index < -0.39 is 16.1 Å². The fourth-order valence-electron chi connectivity index (χ4n) is 5.73. The van der Waals surface area contributed by atoms with Crippen molar-refractivity contribution >= 4 is 50.7 Å². The normalized spacial score (nSPS) is 14.3. The van der Waals surface area contributed by atoms with Crippen molar-refractivity contribution in [3.05, 3.63) is 99.0 Å². The van der Waals surface area contributed by atoms with Gasteiger partial charge in [0.2, 0.25) is 21.8 Å². The molecule has 3 aromatic carbocycles. The molecule has 1 aliphatic carbocycles. The second kappa shape index (κ2) is 15.3. The predicted molar refractivity (Wildman–Crippen MR) is 179 cm³/mol. The van der Waals surface area contributed by atoms with Crippen LogP contribution in [0.2, 0.25) is 10.0 Å². The van der Waals surface area contributed by atoms with Gasteiger partial charge in [-0.05, 0) is 73.6 Å². The maximum Gasteiger partial charge on any atom is 0.243 e. The van der Waals surface area contributed by atoms with Crippen LogP contribution >= 0.6 is 23.2 Å². The van der Waals surface area contributed by atoms with Crippen molar-refractivity contribution in [2.75, 3.05) is 17.1 Å². The number of benzene rings is 3. The summed E-state index contributed by atoms with van der Waals surface area (Å²) in [7, 11) is -3.60. The topological polar surface area (TPSA) is 86.8 Å². The van der Waals surface area contributed by atoms with E-state index in [0.717, 1.165) is 47.9 Å². The summed E-state index contributed by atoms with van der Waals surface area (Å²) in [5.74, 6) is -0.435. The Labute approximate surface area is 271 Å². The van der Waals surface area contributed by atoms with Gasteiger partial charge in [0.1, 0.15) is 6.04 Å². The summed E-state index contributed by atoms with van der Waals surface area (Å²) in [6, 6.07) is 19.8. The first-order valence-corrected chi connectivity index (χ1v) is 17.7. The van der Waals surface area contributed by atoms with Crippen LogP contribution in [0.5, 0.6) is 0 Å². The van der Waals surface area contributed by atoms with E-state index in [1.807, 2.05) is 62.4 Å². The minimum absolute atomic E-state index is 0.0558. The van der Waals surface area contributed by atoms with Gasteiger partial charge in [-0.15, -0.1) is 0 Å². The zero-order chi connectivity index (χ0) is 31.9. The van der Waals surface area contributed by atoms with Gasteiger partial charge < -0.3 is 10.2 Å². The molecular weight excluding hydrogens is 617 g/mol. The van der Waals surface area contributed by atoms with Gasteiger partial charge >= 0.3 is 0 Å². The number of sulfonamides is 1. The molecule has 1 fully saturated rings. The lowest BCUT2D eigenvalue weighted by Gasteiger charge is -2.33. The van der Waals surface area contributed by atoms with E-state index in [2.05, 4.69) is 5.32 Å². The van der Waals surface area contributed by atoms with Crippen LogP contribution in [0.15, 0.2) is 66.7 Å². The van der Waals surface area contributed by atoms with Crippen LogP contribution in [0.4, 0.5) is 5.69 Å². The van der Waals surface area contributed by atoms with Gasteiger partial charge in [-0.1, -0.05) is 84.6 Å². The van der Waals surface area contributed by atoms with E-state index in [0.29, 0.717) is 22.2 Å². The summed E-state index contributed by atoms with van der Waals surface area (Å²) in [4.78, 5) is 29.6. The fourth-order valence-corrected chi connectivity index (χ4v) is 7.06. The molecule has 1 atom stereocenters. The zero-order valence-electron chi connectivity index (χ0n) is 25.6. The van der Waals surface area contributed by atoms with E-state index in [1.165, 1.54) is 10.6 Å². The average molecular weight is 659 g/mol. The third kappa shape index (κ3) is 9.22. The summed E-state index contributed by atoms with van der Waals surface area (Å²) in [5, 5.41) is 3.97. The van der Waals surface area contributed by atoms with Gasteiger partial charge in [0.05, 0.1) is 22.0 Å². The molecule has 10 heteroatoms. The molecule has 0 unspecified atom stereocenters. The van der Waals surface area contributed by atoms with E-state index in [4.69, 9.17) is 23.2 Å². The number of carbonyl (C=O) groups is 2. The number of hydrogen-bond acceptors (Lipinski definition) is 4. The lowest BCUT2D eigenvalue weighted by atomic mass is 10.0. The van der Waals surface area contributed by atoms with Crippen LogP contribution in [0.1, 0.15) is 60.8 Å². The van der Waals surface area contributed by atoms with Crippen LogP contribution < -0.4 is 9.62 Å². The Hall–Kier alpha value is -3.07. The number of halogens is 2. The molecular formula is C34H41Cl2N3O4S. The van der Waals surface area contributed by atoms with Gasteiger partial charge in [0.15, 0.2) is 0 Å². The fraction of sp³-hybridized carbons (Fsp3) is 0.412. The molecule has 0 saturated heterocycles. The summed E-state index contributed by atoms with van der Waals surface area (Å²) >= 11 is 12.5. The number of rotatable bonds is 13. The van der Waals surface area contributed by atoms with Crippen LogP contribution in [0, 0.1) is 13.8 Å². The van der Waals surface area contributed by atoms with Crippen LogP contribution in [0.3, 0.4) is 0 Å². The largest absolute Gasteiger partial charge is 0.352 e. The minimum atomic E-state index is -3.60. The first kappa shape index (κ1) is 33.8. The summed E-state index contributed by atoms with van der Waals surface area (Å²) in [6.45, 7) is 4.07. The van der Waals surface area contributed by atoms with Gasteiger partial charge in [-0.25, -0.2) is 8.42 Å².